The van der Waals surface area contributed by atoms with Crippen LogP contribution in [-0.2, 0) is 28.6 Å². The lowest BCUT2D eigenvalue weighted by Crippen LogP contribution is -2.30. The lowest BCUT2D eigenvalue weighted by molar-refractivity contribution is -0.167. The summed E-state index contributed by atoms with van der Waals surface area (Å²) in [4.78, 5) is 38.4. The second-order valence-corrected chi connectivity index (χ2v) is 24.5. The van der Waals surface area contributed by atoms with Crippen molar-refractivity contribution in [3.8, 4) is 0 Å². The smallest absolute Gasteiger partial charge is 0.306 e. The monoisotopic (exact) mass is 1140 g/mol. The fourth-order valence-electron chi connectivity index (χ4n) is 10.8. The van der Waals surface area contributed by atoms with E-state index < -0.39 is 6.10 Å². The Morgan fingerprint density at radius 3 is 0.741 bits per heavy atom. The van der Waals surface area contributed by atoms with Gasteiger partial charge in [0.25, 0.3) is 0 Å². The van der Waals surface area contributed by atoms with Crippen molar-refractivity contribution >= 4 is 17.9 Å². The van der Waals surface area contributed by atoms with Crippen LogP contribution in [-0.4, -0.2) is 37.2 Å². The molecule has 0 radical (unpaired) electrons. The molecule has 0 spiro atoms. The molecule has 0 heterocycles. The van der Waals surface area contributed by atoms with Crippen LogP contribution in [0.5, 0.6) is 0 Å². The van der Waals surface area contributed by atoms with Crippen molar-refractivity contribution in [3.63, 3.8) is 0 Å². The largest absolute Gasteiger partial charge is 0.462 e. The van der Waals surface area contributed by atoms with Crippen LogP contribution in [0.25, 0.3) is 0 Å². The Balaban J connectivity index is 4.20. The first-order valence-corrected chi connectivity index (χ1v) is 36.1. The Hall–Kier alpha value is -2.63. The quantitative estimate of drug-likeness (QED) is 0.0261. The number of hydrogen-bond donors (Lipinski definition) is 0. The third-order valence-electron chi connectivity index (χ3n) is 16.3. The third-order valence-corrected chi connectivity index (χ3v) is 16.3. The van der Waals surface area contributed by atoms with Crippen LogP contribution in [0, 0.1) is 0 Å². The number of hydrogen-bond acceptors (Lipinski definition) is 6. The molecule has 474 valence electrons. The summed E-state index contributed by atoms with van der Waals surface area (Å²) in [6.07, 6.45) is 88.7. The van der Waals surface area contributed by atoms with E-state index in [9.17, 15) is 14.4 Å². The minimum absolute atomic E-state index is 0.0747. The summed E-state index contributed by atoms with van der Waals surface area (Å²) >= 11 is 0. The molecule has 0 aliphatic heterocycles. The molecule has 0 aromatic carbocycles. The van der Waals surface area contributed by atoms with Crippen LogP contribution in [0.2, 0.25) is 0 Å². The van der Waals surface area contributed by atoms with E-state index in [0.29, 0.717) is 19.3 Å². The minimum atomic E-state index is -0.780. The first kappa shape index (κ1) is 78.4. The molecule has 0 aromatic heterocycles. The molecule has 0 rings (SSSR count). The zero-order chi connectivity index (χ0) is 58.5. The molecule has 1 unspecified atom stereocenters. The molecule has 0 saturated carbocycles. The van der Waals surface area contributed by atoms with Crippen molar-refractivity contribution in [2.75, 3.05) is 13.2 Å². The molecule has 6 nitrogen and oxygen atoms in total. The topological polar surface area (TPSA) is 78.9 Å². The minimum Gasteiger partial charge on any atom is -0.462 e. The highest BCUT2D eigenvalue weighted by molar-refractivity contribution is 5.71. The molecule has 0 fully saturated rings. The lowest BCUT2D eigenvalue weighted by Gasteiger charge is -2.18. The molecule has 0 N–H and O–H groups in total. The number of esters is 3. The SMILES string of the molecule is CCC/C=C\C/C=C\CCCCCCCC(=O)OCC(COC(=O)CCCCCCCCCCCCCCCCCCC/C=C\CCCCCCCCCC)OC(=O)CCCCCCCCCCC/C=C\CCCCCCCCCC. The van der Waals surface area contributed by atoms with Crippen molar-refractivity contribution in [1.29, 1.82) is 0 Å². The maximum Gasteiger partial charge on any atom is 0.306 e. The van der Waals surface area contributed by atoms with Gasteiger partial charge in [0, 0.05) is 19.3 Å². The average Bonchev–Trinajstić information content (AvgIpc) is 3.46. The first-order chi connectivity index (χ1) is 40.0. The van der Waals surface area contributed by atoms with E-state index in [0.717, 1.165) is 83.5 Å². The molecule has 0 aromatic rings. The van der Waals surface area contributed by atoms with Crippen LogP contribution in [0.3, 0.4) is 0 Å². The van der Waals surface area contributed by atoms with Gasteiger partial charge in [-0.05, 0) is 96.3 Å². The van der Waals surface area contributed by atoms with Gasteiger partial charge in [0.2, 0.25) is 0 Å². The third kappa shape index (κ3) is 68.0. The summed E-state index contributed by atoms with van der Waals surface area (Å²) in [7, 11) is 0. The zero-order valence-electron chi connectivity index (χ0n) is 54.6. The van der Waals surface area contributed by atoms with E-state index in [4.69, 9.17) is 14.2 Å². The molecule has 6 heteroatoms. The number of rotatable bonds is 67. The summed E-state index contributed by atoms with van der Waals surface area (Å²) in [6.45, 7) is 6.63. The van der Waals surface area contributed by atoms with Gasteiger partial charge in [0.1, 0.15) is 13.2 Å². The predicted octanol–water partition coefficient (Wildman–Crippen LogP) is 24.9. The summed E-state index contributed by atoms with van der Waals surface area (Å²) < 4.78 is 17.0. The highest BCUT2D eigenvalue weighted by atomic mass is 16.6. The molecular formula is C75H138O6. The molecule has 0 saturated heterocycles. The van der Waals surface area contributed by atoms with E-state index in [1.807, 2.05) is 0 Å². The Labute approximate surface area is 505 Å². The molecule has 0 bridgehead atoms. The summed E-state index contributed by atoms with van der Waals surface area (Å²) in [6, 6.07) is 0. The van der Waals surface area contributed by atoms with E-state index in [2.05, 4.69) is 69.4 Å². The van der Waals surface area contributed by atoms with E-state index in [1.165, 1.54) is 270 Å². The van der Waals surface area contributed by atoms with Crippen LogP contribution in [0.4, 0.5) is 0 Å². The Morgan fingerprint density at radius 1 is 0.247 bits per heavy atom. The molecule has 0 aliphatic carbocycles. The first-order valence-electron chi connectivity index (χ1n) is 36.1. The maximum atomic E-state index is 12.9. The molecule has 81 heavy (non-hydrogen) atoms. The number of unbranched alkanes of at least 4 members (excludes halogenated alkanes) is 48. The molecule has 0 amide bonds. The average molecular weight is 1140 g/mol. The van der Waals surface area contributed by atoms with Gasteiger partial charge >= 0.3 is 17.9 Å². The van der Waals surface area contributed by atoms with Gasteiger partial charge in [-0.2, -0.15) is 0 Å². The highest BCUT2D eigenvalue weighted by Crippen LogP contribution is 2.18. The number of allylic oxidation sites excluding steroid dienone is 8. The van der Waals surface area contributed by atoms with Crippen molar-refractivity contribution < 1.29 is 28.6 Å². The van der Waals surface area contributed by atoms with Crippen LogP contribution >= 0.6 is 0 Å². The summed E-state index contributed by atoms with van der Waals surface area (Å²) in [5.74, 6) is -0.867. The lowest BCUT2D eigenvalue weighted by atomic mass is 10.0. The van der Waals surface area contributed by atoms with E-state index in [1.54, 1.807) is 0 Å². The Kier molecular flexibility index (Phi) is 67.6. The van der Waals surface area contributed by atoms with Crippen molar-refractivity contribution in [2.45, 2.75) is 399 Å². The van der Waals surface area contributed by atoms with Gasteiger partial charge < -0.3 is 14.2 Å². The van der Waals surface area contributed by atoms with Crippen LogP contribution < -0.4 is 0 Å². The maximum absolute atomic E-state index is 12.9. The Morgan fingerprint density at radius 2 is 0.469 bits per heavy atom. The predicted molar refractivity (Wildman–Crippen MR) is 353 cm³/mol. The highest BCUT2D eigenvalue weighted by Gasteiger charge is 2.19. The number of carbonyl (C=O) groups excluding carboxylic acids is 3. The van der Waals surface area contributed by atoms with Gasteiger partial charge in [0.15, 0.2) is 6.10 Å². The van der Waals surface area contributed by atoms with Crippen molar-refractivity contribution in [2.24, 2.45) is 0 Å². The normalized spacial score (nSPS) is 12.3. The molecule has 0 aliphatic rings. The fraction of sp³-hybridized carbons (Fsp3) is 0.853. The summed E-state index contributed by atoms with van der Waals surface area (Å²) in [5.41, 5.74) is 0. The second-order valence-electron chi connectivity index (χ2n) is 24.5. The fourth-order valence-corrected chi connectivity index (χ4v) is 10.8. The second kappa shape index (κ2) is 69.9. The van der Waals surface area contributed by atoms with Gasteiger partial charge in [-0.15, -0.1) is 0 Å². The van der Waals surface area contributed by atoms with E-state index >= 15 is 0 Å². The molecular weight excluding hydrogens is 997 g/mol. The standard InChI is InChI=1S/C75H138O6/c1-4-7-10-13-16-19-22-25-27-29-31-33-34-35-36-37-38-39-40-42-43-45-47-50-53-56-59-62-65-68-74(77)80-71-72(70-79-73(76)67-64-61-58-55-52-49-24-21-18-15-12-9-6-3)81-75(78)69-66-63-60-57-54-51-48-46-44-41-32-30-28-26-23-20-17-14-11-8-5-2/h12,15,21,24,29-32,72H,4-11,13-14,16-20,22-23,25-28,33-71H2,1-3H3/b15-12-,24-21-,31-29-,32-30-. The van der Waals surface area contributed by atoms with Crippen molar-refractivity contribution in [3.05, 3.63) is 48.6 Å². The van der Waals surface area contributed by atoms with Crippen LogP contribution in [0.15, 0.2) is 48.6 Å². The summed E-state index contributed by atoms with van der Waals surface area (Å²) in [5, 5.41) is 0. The van der Waals surface area contributed by atoms with Crippen LogP contribution in [0.1, 0.15) is 393 Å². The van der Waals surface area contributed by atoms with Crippen molar-refractivity contribution in [1.82, 2.24) is 0 Å². The molecule has 1 atom stereocenters. The Bertz CT molecular complexity index is 1400. The van der Waals surface area contributed by atoms with Gasteiger partial charge in [-0.3, -0.25) is 14.4 Å². The zero-order valence-corrected chi connectivity index (χ0v) is 54.6. The number of ether oxygens (including phenoxy) is 3. The van der Waals surface area contributed by atoms with Gasteiger partial charge in [-0.1, -0.05) is 326 Å². The van der Waals surface area contributed by atoms with Gasteiger partial charge in [-0.25, -0.2) is 0 Å². The van der Waals surface area contributed by atoms with Gasteiger partial charge in [0.05, 0.1) is 0 Å². The number of carbonyl (C=O) groups is 3. The van der Waals surface area contributed by atoms with E-state index in [-0.39, 0.29) is 31.1 Å².